The quantitative estimate of drug-likeness (QED) is 0.657. The van der Waals surface area contributed by atoms with E-state index in [4.69, 9.17) is 0 Å². The minimum absolute atomic E-state index is 0.190. The number of nitrogens with zero attached hydrogens (tertiary/aromatic N) is 1. The van der Waals surface area contributed by atoms with Gasteiger partial charge in [-0.05, 0) is 42.3 Å². The van der Waals surface area contributed by atoms with E-state index in [-0.39, 0.29) is 17.7 Å². The zero-order valence-corrected chi connectivity index (χ0v) is 13.1. The minimum Gasteiger partial charge on any atom is -0.322 e. The van der Waals surface area contributed by atoms with Gasteiger partial charge in [-0.15, -0.1) is 0 Å². The summed E-state index contributed by atoms with van der Waals surface area (Å²) in [5, 5.41) is 6.65. The SMILES string of the molecule is CC(C)/C=N/NC(=O)c1ccc(NC(=O)c2ccccc2)cc1. The number of carbonyl (C=O) groups excluding carboxylic acids is 2. The standard InChI is InChI=1S/C18H19N3O2/c1-13(2)12-19-21-18(23)15-8-10-16(11-9-15)20-17(22)14-6-4-3-5-7-14/h3-13H,1-2H3,(H,20,22)(H,21,23)/b19-12+. The van der Waals surface area contributed by atoms with Crippen LogP contribution in [0.1, 0.15) is 34.6 Å². The summed E-state index contributed by atoms with van der Waals surface area (Å²) >= 11 is 0. The highest BCUT2D eigenvalue weighted by atomic mass is 16.2. The van der Waals surface area contributed by atoms with E-state index in [1.807, 2.05) is 19.9 Å². The van der Waals surface area contributed by atoms with Crippen LogP contribution < -0.4 is 10.7 Å². The summed E-state index contributed by atoms with van der Waals surface area (Å²) in [7, 11) is 0. The van der Waals surface area contributed by atoms with Crippen LogP contribution in [0.3, 0.4) is 0 Å². The Bertz CT molecular complexity index is 692. The molecule has 0 aliphatic rings. The highest BCUT2D eigenvalue weighted by Gasteiger charge is 2.07. The molecule has 118 valence electrons. The molecule has 0 unspecified atom stereocenters. The van der Waals surface area contributed by atoms with Gasteiger partial charge in [0.2, 0.25) is 0 Å². The topological polar surface area (TPSA) is 70.6 Å². The van der Waals surface area contributed by atoms with Crippen LogP contribution in [0.25, 0.3) is 0 Å². The number of benzene rings is 2. The van der Waals surface area contributed by atoms with Crippen molar-refractivity contribution in [3.8, 4) is 0 Å². The van der Waals surface area contributed by atoms with Crippen LogP contribution in [0, 0.1) is 5.92 Å². The highest BCUT2D eigenvalue weighted by molar-refractivity contribution is 6.04. The molecule has 0 saturated carbocycles. The summed E-state index contributed by atoms with van der Waals surface area (Å²) in [6.45, 7) is 3.94. The Hall–Kier alpha value is -2.95. The number of rotatable bonds is 5. The number of anilines is 1. The van der Waals surface area contributed by atoms with Crippen LogP contribution in [0.2, 0.25) is 0 Å². The molecule has 0 aliphatic carbocycles. The number of hydrogen-bond acceptors (Lipinski definition) is 3. The number of nitrogens with one attached hydrogen (secondary N) is 2. The molecule has 2 N–H and O–H groups in total. The van der Waals surface area contributed by atoms with E-state index in [9.17, 15) is 9.59 Å². The van der Waals surface area contributed by atoms with Crippen LogP contribution >= 0.6 is 0 Å². The van der Waals surface area contributed by atoms with Gasteiger partial charge in [-0.3, -0.25) is 9.59 Å². The molecule has 0 heterocycles. The van der Waals surface area contributed by atoms with Crippen molar-refractivity contribution < 1.29 is 9.59 Å². The van der Waals surface area contributed by atoms with Gasteiger partial charge in [-0.25, -0.2) is 5.43 Å². The molecular formula is C18H19N3O2. The van der Waals surface area contributed by atoms with E-state index in [2.05, 4.69) is 15.8 Å². The first-order valence-electron chi connectivity index (χ1n) is 7.36. The smallest absolute Gasteiger partial charge is 0.271 e. The second-order valence-electron chi connectivity index (χ2n) is 5.36. The maximum atomic E-state index is 12.0. The average molecular weight is 309 g/mol. The Balaban J connectivity index is 1.97. The fourth-order valence-electron chi connectivity index (χ4n) is 1.81. The molecule has 2 aromatic rings. The van der Waals surface area contributed by atoms with Crippen molar-refractivity contribution in [1.82, 2.24) is 5.43 Å². The van der Waals surface area contributed by atoms with E-state index in [1.54, 1.807) is 54.7 Å². The zero-order chi connectivity index (χ0) is 16.7. The van der Waals surface area contributed by atoms with E-state index < -0.39 is 0 Å². The number of hydrogen-bond donors (Lipinski definition) is 2. The first-order chi connectivity index (χ1) is 11.1. The summed E-state index contributed by atoms with van der Waals surface area (Å²) in [6.07, 6.45) is 1.66. The third-order valence-corrected chi connectivity index (χ3v) is 2.98. The predicted molar refractivity (Wildman–Crippen MR) is 91.6 cm³/mol. The average Bonchev–Trinajstić information content (AvgIpc) is 2.56. The van der Waals surface area contributed by atoms with Crippen molar-refractivity contribution >= 4 is 23.7 Å². The molecule has 23 heavy (non-hydrogen) atoms. The van der Waals surface area contributed by atoms with Gasteiger partial charge in [0.15, 0.2) is 0 Å². The summed E-state index contributed by atoms with van der Waals surface area (Å²) < 4.78 is 0. The number of carbonyl (C=O) groups is 2. The fourth-order valence-corrected chi connectivity index (χ4v) is 1.81. The van der Waals surface area contributed by atoms with E-state index in [0.717, 1.165) is 0 Å². The molecule has 0 atom stereocenters. The lowest BCUT2D eigenvalue weighted by Gasteiger charge is -2.06. The number of hydrazone groups is 1. The van der Waals surface area contributed by atoms with Gasteiger partial charge in [0.1, 0.15) is 0 Å². The normalized spacial score (nSPS) is 10.7. The Morgan fingerprint density at radius 2 is 1.52 bits per heavy atom. The number of amides is 2. The molecule has 2 rings (SSSR count). The van der Waals surface area contributed by atoms with Gasteiger partial charge in [0.05, 0.1) is 0 Å². The van der Waals surface area contributed by atoms with Crippen LogP contribution in [0.15, 0.2) is 59.7 Å². The van der Waals surface area contributed by atoms with Gasteiger partial charge in [0.25, 0.3) is 11.8 Å². The van der Waals surface area contributed by atoms with Gasteiger partial charge >= 0.3 is 0 Å². The van der Waals surface area contributed by atoms with Crippen LogP contribution in [-0.4, -0.2) is 18.0 Å². The lowest BCUT2D eigenvalue weighted by atomic mass is 10.1. The molecule has 0 aliphatic heterocycles. The molecule has 0 spiro atoms. The van der Waals surface area contributed by atoms with Crippen LogP contribution in [0.4, 0.5) is 5.69 Å². The largest absolute Gasteiger partial charge is 0.322 e. The Morgan fingerprint density at radius 3 is 2.13 bits per heavy atom. The molecule has 5 heteroatoms. The van der Waals surface area contributed by atoms with Gasteiger partial charge < -0.3 is 5.32 Å². The summed E-state index contributed by atoms with van der Waals surface area (Å²) in [5.41, 5.74) is 4.14. The van der Waals surface area contributed by atoms with Crippen molar-refractivity contribution in [3.63, 3.8) is 0 Å². The summed E-state index contributed by atoms with van der Waals surface area (Å²) in [4.78, 5) is 23.9. The Kier molecular flexibility index (Phi) is 5.63. The predicted octanol–water partition coefficient (Wildman–Crippen LogP) is 3.31. The summed E-state index contributed by atoms with van der Waals surface area (Å²) in [6, 6.07) is 15.6. The first kappa shape index (κ1) is 16.4. The molecule has 5 nitrogen and oxygen atoms in total. The molecule has 0 bridgehead atoms. The minimum atomic E-state index is -0.289. The third-order valence-electron chi connectivity index (χ3n) is 2.98. The monoisotopic (exact) mass is 309 g/mol. The second kappa shape index (κ2) is 7.89. The summed E-state index contributed by atoms with van der Waals surface area (Å²) in [5.74, 6) is -0.210. The lowest BCUT2D eigenvalue weighted by molar-refractivity contribution is 0.0954. The second-order valence-corrected chi connectivity index (χ2v) is 5.36. The third kappa shape index (κ3) is 5.07. The van der Waals surface area contributed by atoms with Crippen molar-refractivity contribution in [2.24, 2.45) is 11.0 Å². The van der Waals surface area contributed by atoms with E-state index in [0.29, 0.717) is 16.8 Å². The van der Waals surface area contributed by atoms with Crippen molar-refractivity contribution in [1.29, 1.82) is 0 Å². The molecular weight excluding hydrogens is 290 g/mol. The van der Waals surface area contributed by atoms with Crippen molar-refractivity contribution in [3.05, 3.63) is 65.7 Å². The van der Waals surface area contributed by atoms with E-state index in [1.165, 1.54) is 0 Å². The maximum Gasteiger partial charge on any atom is 0.271 e. The molecule has 0 saturated heterocycles. The zero-order valence-electron chi connectivity index (χ0n) is 13.1. The first-order valence-corrected chi connectivity index (χ1v) is 7.36. The Morgan fingerprint density at radius 1 is 0.913 bits per heavy atom. The van der Waals surface area contributed by atoms with E-state index >= 15 is 0 Å². The lowest BCUT2D eigenvalue weighted by Crippen LogP contribution is -2.18. The van der Waals surface area contributed by atoms with Gasteiger partial charge in [-0.1, -0.05) is 32.0 Å². The maximum absolute atomic E-state index is 12.0. The van der Waals surface area contributed by atoms with Crippen molar-refractivity contribution in [2.75, 3.05) is 5.32 Å². The van der Waals surface area contributed by atoms with Gasteiger partial charge in [0, 0.05) is 23.0 Å². The fraction of sp³-hybridized carbons (Fsp3) is 0.167. The molecule has 2 aromatic carbocycles. The molecule has 2 amide bonds. The molecule has 0 aromatic heterocycles. The molecule has 0 fully saturated rings. The molecule has 0 radical (unpaired) electrons. The van der Waals surface area contributed by atoms with Crippen LogP contribution in [-0.2, 0) is 0 Å². The Labute approximate surface area is 135 Å². The van der Waals surface area contributed by atoms with Gasteiger partial charge in [-0.2, -0.15) is 5.10 Å². The highest BCUT2D eigenvalue weighted by Crippen LogP contribution is 2.11. The van der Waals surface area contributed by atoms with Crippen molar-refractivity contribution in [2.45, 2.75) is 13.8 Å². The van der Waals surface area contributed by atoms with Crippen LogP contribution in [0.5, 0.6) is 0 Å².